The van der Waals surface area contributed by atoms with Crippen LogP contribution in [0.4, 0.5) is 0 Å². The first-order valence-corrected chi connectivity index (χ1v) is 10.4. The van der Waals surface area contributed by atoms with Gasteiger partial charge < -0.3 is 4.74 Å². The highest BCUT2D eigenvalue weighted by Gasteiger charge is 2.53. The van der Waals surface area contributed by atoms with E-state index >= 15 is 0 Å². The summed E-state index contributed by atoms with van der Waals surface area (Å²) in [7, 11) is 0. The van der Waals surface area contributed by atoms with Crippen molar-refractivity contribution in [2.45, 2.75) is 32.5 Å². The number of fused-ring (bicyclic) bond motifs is 6. The Morgan fingerprint density at radius 2 is 1.93 bits per heavy atom. The van der Waals surface area contributed by atoms with Crippen LogP contribution in [0.3, 0.4) is 0 Å². The van der Waals surface area contributed by atoms with Gasteiger partial charge in [0.2, 0.25) is 5.72 Å². The number of ether oxygens (including phenoxy) is 1. The number of aryl methyl sites for hydroxylation is 1. The van der Waals surface area contributed by atoms with E-state index in [1.807, 2.05) is 68.5 Å². The summed E-state index contributed by atoms with van der Waals surface area (Å²) in [4.78, 5) is 31.4. The van der Waals surface area contributed by atoms with Gasteiger partial charge in [0.1, 0.15) is 17.5 Å². The number of ketones is 1. The first kappa shape index (κ1) is 18.1. The first-order valence-electron chi connectivity index (χ1n) is 9.55. The lowest BCUT2D eigenvalue weighted by molar-refractivity contribution is -0.132. The van der Waals surface area contributed by atoms with Crippen LogP contribution in [-0.2, 0) is 4.79 Å². The van der Waals surface area contributed by atoms with Crippen LogP contribution < -0.4 is 19.6 Å². The van der Waals surface area contributed by atoms with Gasteiger partial charge in [0.15, 0.2) is 4.80 Å². The fourth-order valence-electron chi connectivity index (χ4n) is 4.37. The maximum atomic E-state index is 13.4. The van der Waals surface area contributed by atoms with Gasteiger partial charge in [-0.3, -0.25) is 14.2 Å². The van der Waals surface area contributed by atoms with Crippen LogP contribution in [0.15, 0.2) is 58.3 Å². The quantitative estimate of drug-likeness (QED) is 0.660. The van der Waals surface area contributed by atoms with E-state index in [2.05, 4.69) is 0 Å². The van der Waals surface area contributed by atoms with Crippen molar-refractivity contribution in [1.82, 2.24) is 4.57 Å². The van der Waals surface area contributed by atoms with Crippen LogP contribution in [-0.4, -0.2) is 16.1 Å². The van der Waals surface area contributed by atoms with Crippen molar-refractivity contribution in [2.24, 2.45) is 10.9 Å². The third-order valence-corrected chi connectivity index (χ3v) is 6.68. The molecular formula is C23H20N2O3S. The van der Waals surface area contributed by atoms with Gasteiger partial charge in [0, 0.05) is 5.56 Å². The number of carbonyl (C=O) groups is 1. The molecule has 0 saturated carbocycles. The average molecular weight is 404 g/mol. The minimum absolute atomic E-state index is 0.0384. The minimum Gasteiger partial charge on any atom is -0.465 e. The third-order valence-electron chi connectivity index (χ3n) is 5.69. The van der Waals surface area contributed by atoms with E-state index in [0.29, 0.717) is 15.1 Å². The molecule has 1 aromatic heterocycles. The summed E-state index contributed by atoms with van der Waals surface area (Å²) in [5.41, 5.74) is 1.83. The summed E-state index contributed by atoms with van der Waals surface area (Å²) in [6, 6.07) is 15.2. The van der Waals surface area contributed by atoms with Crippen molar-refractivity contribution in [3.05, 3.63) is 84.9 Å². The van der Waals surface area contributed by atoms with Gasteiger partial charge in [-0.2, -0.15) is 0 Å². The largest absolute Gasteiger partial charge is 0.465 e. The summed E-state index contributed by atoms with van der Waals surface area (Å²) in [5, 5.41) is 0. The second-order valence-electron chi connectivity index (χ2n) is 7.82. The van der Waals surface area contributed by atoms with E-state index in [1.54, 1.807) is 11.5 Å². The van der Waals surface area contributed by atoms with Crippen molar-refractivity contribution >= 4 is 23.2 Å². The van der Waals surface area contributed by atoms with Gasteiger partial charge in [-0.1, -0.05) is 59.4 Å². The predicted molar refractivity (Wildman–Crippen MR) is 112 cm³/mol. The fourth-order valence-corrected chi connectivity index (χ4v) is 5.47. The Morgan fingerprint density at radius 3 is 2.66 bits per heavy atom. The van der Waals surface area contributed by atoms with Gasteiger partial charge in [0.05, 0.1) is 10.6 Å². The lowest BCUT2D eigenvalue weighted by atomic mass is 9.79. The molecule has 2 aromatic carbocycles. The fraction of sp³-hybridized carbons (Fsp3) is 0.261. The highest BCUT2D eigenvalue weighted by Crippen LogP contribution is 2.47. The van der Waals surface area contributed by atoms with Crippen LogP contribution in [0.1, 0.15) is 36.6 Å². The molecule has 2 aliphatic heterocycles. The average Bonchev–Trinajstić information content (AvgIpc) is 2.96. The molecule has 0 N–H and O–H groups in total. The molecule has 0 saturated heterocycles. The second-order valence-corrected chi connectivity index (χ2v) is 8.83. The molecule has 0 aliphatic carbocycles. The molecule has 2 aliphatic rings. The highest BCUT2D eigenvalue weighted by atomic mass is 32.1. The Balaban J connectivity index is 1.80. The van der Waals surface area contributed by atoms with Gasteiger partial charge in [-0.25, -0.2) is 4.99 Å². The monoisotopic (exact) mass is 404 g/mol. The summed E-state index contributed by atoms with van der Waals surface area (Å²) in [6.07, 6.45) is 1.88. The van der Waals surface area contributed by atoms with Crippen LogP contribution in [0.2, 0.25) is 0 Å². The van der Waals surface area contributed by atoms with Gasteiger partial charge in [-0.05, 0) is 38.5 Å². The van der Waals surface area contributed by atoms with E-state index in [9.17, 15) is 9.59 Å². The minimum atomic E-state index is -1.02. The van der Waals surface area contributed by atoms with Crippen molar-refractivity contribution in [1.29, 1.82) is 0 Å². The molecule has 0 fully saturated rings. The van der Waals surface area contributed by atoms with Crippen molar-refractivity contribution in [3.63, 3.8) is 0 Å². The Bertz CT molecular complexity index is 1320. The molecule has 0 spiro atoms. The predicted octanol–water partition coefficient (Wildman–Crippen LogP) is 2.58. The van der Waals surface area contributed by atoms with Crippen molar-refractivity contribution in [2.75, 3.05) is 0 Å². The third kappa shape index (κ3) is 2.70. The topological polar surface area (TPSA) is 60.7 Å². The smallest absolute Gasteiger partial charge is 0.270 e. The molecule has 6 heteroatoms. The number of hydrogen-bond donors (Lipinski definition) is 0. The van der Waals surface area contributed by atoms with Gasteiger partial charge >= 0.3 is 0 Å². The van der Waals surface area contributed by atoms with Crippen LogP contribution in [0, 0.1) is 12.8 Å². The molecule has 3 aromatic rings. The molecule has 5 rings (SSSR count). The van der Waals surface area contributed by atoms with Crippen LogP contribution >= 0.6 is 11.3 Å². The maximum Gasteiger partial charge on any atom is 0.270 e. The van der Waals surface area contributed by atoms with Crippen molar-refractivity contribution in [3.8, 4) is 5.75 Å². The molecule has 0 radical (unpaired) electrons. The zero-order valence-electron chi connectivity index (χ0n) is 16.4. The van der Waals surface area contributed by atoms with E-state index in [0.717, 1.165) is 11.1 Å². The number of nitrogens with zero attached hydrogens (tertiary/aromatic N) is 2. The Morgan fingerprint density at radius 1 is 1.21 bits per heavy atom. The Kier molecular flexibility index (Phi) is 3.90. The number of rotatable bonds is 2. The van der Waals surface area contributed by atoms with E-state index in [4.69, 9.17) is 9.73 Å². The standard InChI is InChI=1S/C23H20N2O3S/c1-13-8-10-15(11-9-13)12-18-21(27)25-20-16-6-4-5-7-17(16)28-23(3,19(20)14(2)26)24-22(25)29-18/h4-12,19-20H,1-3H3/b18-12+/t19-,20+,23+/m0/s1. The SMILES string of the molecule is CC(=O)[C@H]1[C@H]2c3ccccc3O[C@@]1(C)N=c1s/c(=C/c3ccc(C)cc3)c(=O)n12. The number of hydrogen-bond acceptors (Lipinski definition) is 5. The van der Waals surface area contributed by atoms with Crippen LogP contribution in [0.25, 0.3) is 6.08 Å². The number of para-hydroxylation sites is 1. The Labute approximate surface area is 171 Å². The molecule has 2 bridgehead atoms. The molecule has 146 valence electrons. The number of benzene rings is 2. The molecule has 0 unspecified atom stereocenters. The zero-order valence-corrected chi connectivity index (χ0v) is 17.2. The summed E-state index contributed by atoms with van der Waals surface area (Å²) in [5.74, 6) is 0.0852. The molecule has 3 heterocycles. The van der Waals surface area contributed by atoms with Crippen LogP contribution in [0.5, 0.6) is 5.75 Å². The van der Waals surface area contributed by atoms with Crippen molar-refractivity contribution < 1.29 is 9.53 Å². The molecule has 5 nitrogen and oxygen atoms in total. The Hall–Kier alpha value is -2.99. The molecular weight excluding hydrogens is 384 g/mol. The number of Topliss-reactive ketones (excluding diaryl/α,β-unsaturated/α-hetero) is 1. The summed E-state index contributed by atoms with van der Waals surface area (Å²) >= 11 is 1.34. The molecule has 3 atom stereocenters. The molecule has 0 amide bonds. The number of thiazole rings is 1. The summed E-state index contributed by atoms with van der Waals surface area (Å²) < 4.78 is 8.48. The summed E-state index contributed by atoms with van der Waals surface area (Å²) in [6.45, 7) is 5.41. The first-order chi connectivity index (χ1) is 13.9. The lowest BCUT2D eigenvalue weighted by Crippen LogP contribution is -2.58. The number of carbonyl (C=O) groups excluding carboxylic acids is 1. The maximum absolute atomic E-state index is 13.4. The normalized spacial score (nSPS) is 24.9. The van der Waals surface area contributed by atoms with E-state index < -0.39 is 17.7 Å². The zero-order chi connectivity index (χ0) is 20.3. The lowest BCUT2D eigenvalue weighted by Gasteiger charge is -2.45. The van der Waals surface area contributed by atoms with Gasteiger partial charge in [0.25, 0.3) is 5.56 Å². The number of aromatic nitrogens is 1. The molecule has 29 heavy (non-hydrogen) atoms. The highest BCUT2D eigenvalue weighted by molar-refractivity contribution is 7.07. The second kappa shape index (κ2) is 6.26. The van der Waals surface area contributed by atoms with Gasteiger partial charge in [-0.15, -0.1) is 0 Å². The van der Waals surface area contributed by atoms with E-state index in [1.165, 1.54) is 16.9 Å². The van der Waals surface area contributed by atoms with E-state index in [-0.39, 0.29) is 11.3 Å².